The number of hydrogen-bond acceptors (Lipinski definition) is 2. The molecule has 0 amide bonds. The van der Waals surface area contributed by atoms with Crippen LogP contribution < -0.4 is 11.5 Å². The lowest BCUT2D eigenvalue weighted by atomic mass is 9.86. The third-order valence-corrected chi connectivity index (χ3v) is 3.96. The number of alkyl halides is 3. The van der Waals surface area contributed by atoms with E-state index in [9.17, 15) is 13.2 Å². The van der Waals surface area contributed by atoms with Gasteiger partial charge in [0.25, 0.3) is 0 Å². The Morgan fingerprint density at radius 2 is 1.90 bits per heavy atom. The molecule has 0 radical (unpaired) electrons. The fourth-order valence-corrected chi connectivity index (χ4v) is 2.71. The van der Waals surface area contributed by atoms with E-state index in [4.69, 9.17) is 11.5 Å². The Balaban J connectivity index is 2.28. The van der Waals surface area contributed by atoms with E-state index >= 15 is 0 Å². The van der Waals surface area contributed by atoms with Crippen molar-refractivity contribution in [3.8, 4) is 0 Å². The summed E-state index contributed by atoms with van der Waals surface area (Å²) in [5.41, 5.74) is 12.2. The lowest BCUT2D eigenvalue weighted by Crippen LogP contribution is -2.14. The molecule has 5 heteroatoms. The highest BCUT2D eigenvalue weighted by Crippen LogP contribution is 2.41. The van der Waals surface area contributed by atoms with E-state index in [0.29, 0.717) is 18.0 Å². The summed E-state index contributed by atoms with van der Waals surface area (Å²) >= 11 is 0. The van der Waals surface area contributed by atoms with Crippen molar-refractivity contribution in [2.24, 2.45) is 17.4 Å². The van der Waals surface area contributed by atoms with E-state index in [2.05, 4.69) is 0 Å². The average molecular weight is 286 g/mol. The third kappa shape index (κ3) is 3.73. The van der Waals surface area contributed by atoms with Crippen LogP contribution in [0.25, 0.3) is 0 Å². The van der Waals surface area contributed by atoms with Crippen molar-refractivity contribution in [1.29, 1.82) is 0 Å². The third-order valence-electron chi connectivity index (χ3n) is 3.96. The summed E-state index contributed by atoms with van der Waals surface area (Å²) in [5, 5.41) is 0. The average Bonchev–Trinajstić information content (AvgIpc) is 3.20. The first-order valence-corrected chi connectivity index (χ1v) is 7.05. The molecular weight excluding hydrogens is 265 g/mol. The minimum atomic E-state index is -4.32. The minimum absolute atomic E-state index is 0.130. The molecule has 1 aromatic carbocycles. The molecule has 1 saturated carbocycles. The van der Waals surface area contributed by atoms with E-state index in [-0.39, 0.29) is 12.5 Å². The summed E-state index contributed by atoms with van der Waals surface area (Å²) in [6.45, 7) is 0.674. The van der Waals surface area contributed by atoms with Crippen molar-refractivity contribution in [2.45, 2.75) is 44.3 Å². The van der Waals surface area contributed by atoms with Crippen LogP contribution >= 0.6 is 0 Å². The molecule has 0 bridgehead atoms. The van der Waals surface area contributed by atoms with Crippen molar-refractivity contribution in [3.63, 3.8) is 0 Å². The lowest BCUT2D eigenvalue weighted by molar-refractivity contribution is -0.137. The summed E-state index contributed by atoms with van der Waals surface area (Å²) in [5.74, 6) is 0.938. The van der Waals surface area contributed by atoms with E-state index in [1.807, 2.05) is 0 Å². The highest BCUT2D eigenvalue weighted by Gasteiger charge is 2.32. The number of hydrogen-bond donors (Lipinski definition) is 2. The maximum Gasteiger partial charge on any atom is 0.416 e. The van der Waals surface area contributed by atoms with Crippen LogP contribution in [-0.2, 0) is 12.7 Å². The number of benzene rings is 1. The van der Waals surface area contributed by atoms with Gasteiger partial charge in [0.2, 0.25) is 0 Å². The van der Waals surface area contributed by atoms with Crippen molar-refractivity contribution in [1.82, 2.24) is 0 Å². The number of nitrogens with two attached hydrogens (primary N) is 2. The molecule has 0 spiro atoms. The quantitative estimate of drug-likeness (QED) is 0.842. The Labute approximate surface area is 117 Å². The first-order valence-electron chi connectivity index (χ1n) is 7.05. The van der Waals surface area contributed by atoms with Crippen LogP contribution in [0.15, 0.2) is 18.2 Å². The molecular formula is C15H21F3N2. The van der Waals surface area contributed by atoms with Gasteiger partial charge < -0.3 is 11.5 Å². The monoisotopic (exact) mass is 286 g/mol. The Kier molecular flexibility index (Phi) is 4.70. The predicted molar refractivity (Wildman–Crippen MR) is 73.1 cm³/mol. The molecule has 1 aliphatic rings. The number of halogens is 3. The van der Waals surface area contributed by atoms with Gasteiger partial charge in [0.1, 0.15) is 0 Å². The van der Waals surface area contributed by atoms with Gasteiger partial charge in [-0.25, -0.2) is 0 Å². The van der Waals surface area contributed by atoms with Gasteiger partial charge in [-0.1, -0.05) is 18.9 Å². The molecule has 2 nitrogen and oxygen atoms in total. The molecule has 0 aromatic heterocycles. The molecule has 4 N–H and O–H groups in total. The summed E-state index contributed by atoms with van der Waals surface area (Å²) in [6.07, 6.45) is -0.0634. The van der Waals surface area contributed by atoms with Crippen LogP contribution in [0.5, 0.6) is 0 Å². The standard InChI is InChI=1S/C15H21F3N2/c16-15(17,18)13-3-4-14(12(8-13)9-20)11(5-6-19)7-10-1-2-10/h3-4,8,10-11H,1-2,5-7,9,19-20H2. The van der Waals surface area contributed by atoms with E-state index in [1.54, 1.807) is 6.07 Å². The molecule has 1 aromatic rings. The zero-order chi connectivity index (χ0) is 14.8. The van der Waals surface area contributed by atoms with Crippen molar-refractivity contribution >= 4 is 0 Å². The minimum Gasteiger partial charge on any atom is -0.330 e. The van der Waals surface area contributed by atoms with E-state index in [1.165, 1.54) is 18.9 Å². The van der Waals surface area contributed by atoms with Crippen LogP contribution in [0, 0.1) is 5.92 Å². The fourth-order valence-electron chi connectivity index (χ4n) is 2.71. The molecule has 0 saturated heterocycles. The van der Waals surface area contributed by atoms with E-state index in [0.717, 1.165) is 24.5 Å². The Morgan fingerprint density at radius 1 is 1.20 bits per heavy atom. The topological polar surface area (TPSA) is 52.0 Å². The normalized spacial score (nSPS) is 17.2. The van der Waals surface area contributed by atoms with Gasteiger partial charge in [-0.15, -0.1) is 0 Å². The summed E-state index contributed by atoms with van der Waals surface area (Å²) in [4.78, 5) is 0. The Morgan fingerprint density at radius 3 is 2.40 bits per heavy atom. The SMILES string of the molecule is NCCC(CC1CC1)c1ccc(C(F)(F)F)cc1CN. The first kappa shape index (κ1) is 15.3. The maximum atomic E-state index is 12.7. The summed E-state index contributed by atoms with van der Waals surface area (Å²) in [6, 6.07) is 3.93. The van der Waals surface area contributed by atoms with Crippen LogP contribution in [0.3, 0.4) is 0 Å². The van der Waals surface area contributed by atoms with Gasteiger partial charge in [0, 0.05) is 6.54 Å². The predicted octanol–water partition coefficient (Wildman–Crippen LogP) is 3.40. The summed E-state index contributed by atoms with van der Waals surface area (Å²) in [7, 11) is 0. The van der Waals surface area contributed by atoms with Crippen molar-refractivity contribution in [3.05, 3.63) is 34.9 Å². The fraction of sp³-hybridized carbons (Fsp3) is 0.600. The van der Waals surface area contributed by atoms with Gasteiger partial charge in [0.15, 0.2) is 0 Å². The van der Waals surface area contributed by atoms with Gasteiger partial charge in [-0.3, -0.25) is 0 Å². The molecule has 0 aliphatic heterocycles. The molecule has 2 rings (SSSR count). The van der Waals surface area contributed by atoms with Crippen LogP contribution in [0.4, 0.5) is 13.2 Å². The van der Waals surface area contributed by atoms with Crippen LogP contribution in [0.1, 0.15) is 48.3 Å². The van der Waals surface area contributed by atoms with Gasteiger partial charge >= 0.3 is 6.18 Å². The van der Waals surface area contributed by atoms with Crippen molar-refractivity contribution in [2.75, 3.05) is 6.54 Å². The number of rotatable bonds is 6. The highest BCUT2D eigenvalue weighted by atomic mass is 19.4. The smallest absolute Gasteiger partial charge is 0.330 e. The van der Waals surface area contributed by atoms with Gasteiger partial charge in [-0.2, -0.15) is 13.2 Å². The molecule has 112 valence electrons. The van der Waals surface area contributed by atoms with Gasteiger partial charge in [0.05, 0.1) is 5.56 Å². The molecule has 0 heterocycles. The zero-order valence-electron chi connectivity index (χ0n) is 11.4. The molecule has 1 aliphatic carbocycles. The second kappa shape index (κ2) is 6.14. The molecule has 1 fully saturated rings. The van der Waals surface area contributed by atoms with Crippen LogP contribution in [-0.4, -0.2) is 6.54 Å². The van der Waals surface area contributed by atoms with E-state index < -0.39 is 11.7 Å². The Bertz CT molecular complexity index is 453. The molecule has 1 atom stereocenters. The second-order valence-corrected chi connectivity index (χ2v) is 5.57. The van der Waals surface area contributed by atoms with Crippen molar-refractivity contribution < 1.29 is 13.2 Å². The largest absolute Gasteiger partial charge is 0.416 e. The summed E-state index contributed by atoms with van der Waals surface area (Å²) < 4.78 is 38.2. The lowest BCUT2D eigenvalue weighted by Gasteiger charge is -2.21. The van der Waals surface area contributed by atoms with Crippen LogP contribution in [0.2, 0.25) is 0 Å². The first-order chi connectivity index (χ1) is 9.45. The molecule has 20 heavy (non-hydrogen) atoms. The Hall–Kier alpha value is -1.07. The highest BCUT2D eigenvalue weighted by molar-refractivity contribution is 5.36. The van der Waals surface area contributed by atoms with Gasteiger partial charge in [-0.05, 0) is 54.5 Å². The molecule has 1 unspecified atom stereocenters. The maximum absolute atomic E-state index is 12.7. The zero-order valence-corrected chi connectivity index (χ0v) is 11.4. The second-order valence-electron chi connectivity index (χ2n) is 5.57.